The Morgan fingerprint density at radius 2 is 1.67 bits per heavy atom. The SMILES string of the molecule is Cc1ccc(NC(=O)C(C)(C)C)cc1NC(=O)CCCCC(=O)O. The molecule has 0 bridgehead atoms. The van der Waals surface area contributed by atoms with Crippen molar-refractivity contribution in [2.45, 2.75) is 53.4 Å². The molecule has 2 amide bonds. The number of amides is 2. The van der Waals surface area contributed by atoms with Gasteiger partial charge >= 0.3 is 5.97 Å². The molecule has 24 heavy (non-hydrogen) atoms. The maximum Gasteiger partial charge on any atom is 0.303 e. The van der Waals surface area contributed by atoms with Crippen LogP contribution in [-0.4, -0.2) is 22.9 Å². The number of carbonyl (C=O) groups excluding carboxylic acids is 2. The molecule has 3 N–H and O–H groups in total. The second kappa shape index (κ2) is 8.47. The summed E-state index contributed by atoms with van der Waals surface area (Å²) in [5.74, 6) is -1.12. The summed E-state index contributed by atoms with van der Waals surface area (Å²) in [4.78, 5) is 34.4. The zero-order chi connectivity index (χ0) is 18.3. The van der Waals surface area contributed by atoms with Gasteiger partial charge in [-0.25, -0.2) is 0 Å². The van der Waals surface area contributed by atoms with Crippen molar-refractivity contribution in [2.24, 2.45) is 5.41 Å². The molecule has 6 heteroatoms. The van der Waals surface area contributed by atoms with Crippen molar-refractivity contribution in [1.82, 2.24) is 0 Å². The van der Waals surface area contributed by atoms with Crippen LogP contribution in [0.1, 0.15) is 52.0 Å². The Balaban J connectivity index is 2.64. The van der Waals surface area contributed by atoms with Gasteiger partial charge in [0.2, 0.25) is 11.8 Å². The molecular formula is C18H26N2O4. The van der Waals surface area contributed by atoms with E-state index in [1.54, 1.807) is 12.1 Å². The zero-order valence-electron chi connectivity index (χ0n) is 14.7. The minimum Gasteiger partial charge on any atom is -0.481 e. The molecule has 1 rings (SSSR count). The van der Waals surface area contributed by atoms with Crippen molar-refractivity contribution in [3.63, 3.8) is 0 Å². The van der Waals surface area contributed by atoms with Crippen LogP contribution in [0.3, 0.4) is 0 Å². The first kappa shape index (κ1) is 19.7. The summed E-state index contributed by atoms with van der Waals surface area (Å²) in [6.45, 7) is 7.36. The minimum atomic E-state index is -0.853. The number of carboxylic acid groups (broad SMARTS) is 1. The highest BCUT2D eigenvalue weighted by atomic mass is 16.4. The Morgan fingerprint density at radius 1 is 1.04 bits per heavy atom. The van der Waals surface area contributed by atoms with E-state index in [1.165, 1.54) is 0 Å². The van der Waals surface area contributed by atoms with E-state index in [9.17, 15) is 14.4 Å². The molecule has 1 aromatic rings. The lowest BCUT2D eigenvalue weighted by atomic mass is 9.95. The van der Waals surface area contributed by atoms with E-state index in [2.05, 4.69) is 10.6 Å². The smallest absolute Gasteiger partial charge is 0.303 e. The maximum atomic E-state index is 12.0. The molecule has 0 atom stereocenters. The van der Waals surface area contributed by atoms with Gasteiger partial charge in [-0.05, 0) is 37.5 Å². The van der Waals surface area contributed by atoms with Crippen LogP contribution in [0, 0.1) is 12.3 Å². The average Bonchev–Trinajstić information content (AvgIpc) is 2.46. The molecule has 0 heterocycles. The van der Waals surface area contributed by atoms with E-state index in [1.807, 2.05) is 33.8 Å². The molecule has 0 spiro atoms. The van der Waals surface area contributed by atoms with E-state index < -0.39 is 11.4 Å². The van der Waals surface area contributed by atoms with Gasteiger partial charge in [0, 0.05) is 29.6 Å². The highest BCUT2D eigenvalue weighted by Crippen LogP contribution is 2.23. The van der Waals surface area contributed by atoms with Crippen molar-refractivity contribution in [2.75, 3.05) is 10.6 Å². The summed E-state index contributed by atoms with van der Waals surface area (Å²) < 4.78 is 0. The molecule has 0 saturated carbocycles. The van der Waals surface area contributed by atoms with Crippen LogP contribution < -0.4 is 10.6 Å². The molecule has 0 unspecified atom stereocenters. The fraction of sp³-hybridized carbons (Fsp3) is 0.500. The molecule has 0 aromatic heterocycles. The van der Waals surface area contributed by atoms with Crippen LogP contribution in [0.25, 0.3) is 0 Å². The third-order valence-electron chi connectivity index (χ3n) is 3.50. The summed E-state index contributed by atoms with van der Waals surface area (Å²) in [7, 11) is 0. The molecular weight excluding hydrogens is 308 g/mol. The van der Waals surface area contributed by atoms with E-state index in [-0.39, 0.29) is 24.7 Å². The number of carboxylic acids is 1. The van der Waals surface area contributed by atoms with Crippen molar-refractivity contribution in [1.29, 1.82) is 0 Å². The molecule has 0 fully saturated rings. The van der Waals surface area contributed by atoms with Crippen LogP contribution in [0.4, 0.5) is 11.4 Å². The third-order valence-corrected chi connectivity index (χ3v) is 3.50. The zero-order valence-corrected chi connectivity index (χ0v) is 14.7. The molecule has 1 aromatic carbocycles. The Morgan fingerprint density at radius 3 is 2.25 bits per heavy atom. The standard InChI is InChI=1S/C18H26N2O4/c1-12-9-10-13(19-17(24)18(2,3)4)11-14(12)20-15(21)7-5-6-8-16(22)23/h9-11H,5-8H2,1-4H3,(H,19,24)(H,20,21)(H,22,23). The van der Waals surface area contributed by atoms with Gasteiger partial charge in [-0.1, -0.05) is 26.8 Å². The summed E-state index contributed by atoms with van der Waals surface area (Å²) >= 11 is 0. The second-order valence-corrected chi connectivity index (χ2v) is 6.88. The van der Waals surface area contributed by atoms with Crippen molar-refractivity contribution in [3.05, 3.63) is 23.8 Å². The normalized spacial score (nSPS) is 11.0. The van der Waals surface area contributed by atoms with Crippen LogP contribution in [-0.2, 0) is 14.4 Å². The second-order valence-electron chi connectivity index (χ2n) is 6.88. The predicted octanol–water partition coefficient (Wildman–Crippen LogP) is 3.56. The van der Waals surface area contributed by atoms with Gasteiger partial charge in [0.05, 0.1) is 0 Å². The van der Waals surface area contributed by atoms with E-state index in [0.717, 1.165) is 5.56 Å². The lowest BCUT2D eigenvalue weighted by Crippen LogP contribution is -2.27. The van der Waals surface area contributed by atoms with Crippen LogP contribution in [0.2, 0.25) is 0 Å². The summed E-state index contributed by atoms with van der Waals surface area (Å²) in [6.07, 6.45) is 1.34. The average molecular weight is 334 g/mol. The molecule has 0 aliphatic heterocycles. The maximum absolute atomic E-state index is 12.0. The number of rotatable bonds is 7. The lowest BCUT2D eigenvalue weighted by molar-refractivity contribution is -0.137. The molecule has 6 nitrogen and oxygen atoms in total. The predicted molar refractivity (Wildman–Crippen MR) is 94.0 cm³/mol. The molecule has 0 aliphatic rings. The lowest BCUT2D eigenvalue weighted by Gasteiger charge is -2.18. The molecule has 0 radical (unpaired) electrons. The van der Waals surface area contributed by atoms with Gasteiger partial charge < -0.3 is 15.7 Å². The first-order valence-electron chi connectivity index (χ1n) is 8.03. The third kappa shape index (κ3) is 6.81. The largest absolute Gasteiger partial charge is 0.481 e. The van der Waals surface area contributed by atoms with Crippen LogP contribution >= 0.6 is 0 Å². The Kier molecular flexibility index (Phi) is 6.95. The first-order valence-corrected chi connectivity index (χ1v) is 8.03. The van der Waals surface area contributed by atoms with Gasteiger partial charge in [-0.15, -0.1) is 0 Å². The molecule has 0 aliphatic carbocycles. The minimum absolute atomic E-state index is 0.0701. The first-order chi connectivity index (χ1) is 11.1. The number of benzene rings is 1. The van der Waals surface area contributed by atoms with Crippen LogP contribution in [0.5, 0.6) is 0 Å². The highest BCUT2D eigenvalue weighted by molar-refractivity contribution is 5.96. The van der Waals surface area contributed by atoms with Gasteiger partial charge in [0.15, 0.2) is 0 Å². The quantitative estimate of drug-likeness (QED) is 0.664. The molecule has 0 saturated heterocycles. The number of hydrogen-bond acceptors (Lipinski definition) is 3. The van der Waals surface area contributed by atoms with E-state index in [4.69, 9.17) is 5.11 Å². The van der Waals surface area contributed by atoms with Gasteiger partial charge in [0.1, 0.15) is 0 Å². The summed E-state index contributed by atoms with van der Waals surface area (Å²) in [5.41, 5.74) is 1.66. The van der Waals surface area contributed by atoms with Gasteiger partial charge in [-0.3, -0.25) is 14.4 Å². The number of carbonyl (C=O) groups is 3. The van der Waals surface area contributed by atoms with Crippen LogP contribution in [0.15, 0.2) is 18.2 Å². The van der Waals surface area contributed by atoms with Crippen molar-refractivity contribution >= 4 is 29.2 Å². The number of unbranched alkanes of at least 4 members (excludes halogenated alkanes) is 1. The fourth-order valence-corrected chi connectivity index (χ4v) is 1.93. The van der Waals surface area contributed by atoms with E-state index in [0.29, 0.717) is 24.2 Å². The fourth-order valence-electron chi connectivity index (χ4n) is 1.93. The number of aryl methyl sites for hydroxylation is 1. The number of nitrogens with one attached hydrogen (secondary N) is 2. The topological polar surface area (TPSA) is 95.5 Å². The monoisotopic (exact) mass is 334 g/mol. The Hall–Kier alpha value is -2.37. The number of anilines is 2. The number of hydrogen-bond donors (Lipinski definition) is 3. The van der Waals surface area contributed by atoms with E-state index >= 15 is 0 Å². The molecule has 132 valence electrons. The Bertz CT molecular complexity index is 618. The van der Waals surface area contributed by atoms with Crippen molar-refractivity contribution in [3.8, 4) is 0 Å². The highest BCUT2D eigenvalue weighted by Gasteiger charge is 2.21. The van der Waals surface area contributed by atoms with Gasteiger partial charge in [-0.2, -0.15) is 0 Å². The number of aliphatic carboxylic acids is 1. The Labute approximate surface area is 142 Å². The van der Waals surface area contributed by atoms with Gasteiger partial charge in [0.25, 0.3) is 0 Å². The van der Waals surface area contributed by atoms with Crippen molar-refractivity contribution < 1.29 is 19.5 Å². The summed E-state index contributed by atoms with van der Waals surface area (Å²) in [5, 5.41) is 14.2. The summed E-state index contributed by atoms with van der Waals surface area (Å²) in [6, 6.07) is 5.36.